The molecule has 0 radical (unpaired) electrons. The van der Waals surface area contributed by atoms with E-state index in [2.05, 4.69) is 25.6 Å². The fraction of sp³-hybridized carbons (Fsp3) is 0.476. The Labute approximate surface area is 206 Å². The summed E-state index contributed by atoms with van der Waals surface area (Å²) in [5.74, 6) is -2.54. The van der Waals surface area contributed by atoms with Crippen LogP contribution in [0.2, 0.25) is 0 Å². The second kappa shape index (κ2) is 11.4. The lowest BCUT2D eigenvalue weighted by Crippen LogP contribution is -2.62. The molecule has 14 heteroatoms. The van der Waals surface area contributed by atoms with Gasteiger partial charge in [0.05, 0.1) is 19.7 Å². The standard InChI is InChI=1S/C21H28F2N6O5S/c1-13(29(18(35)25-9-17(30)33-5)27-19(31)34-20(2,3)4)21(32,10-28-12-24-11-26-28)15-7-6-14(22)8-16(15)23/h6-8,11-13,32H,9-10H2,1-5H3,(H,25,35)(H,27,31)/t13-,21-/m1/s1. The number of thiocarbonyl (C=S) groups is 1. The van der Waals surface area contributed by atoms with Gasteiger partial charge < -0.3 is 19.9 Å². The Morgan fingerprint density at radius 2 is 2.00 bits per heavy atom. The average Bonchev–Trinajstić information content (AvgIpc) is 3.26. The summed E-state index contributed by atoms with van der Waals surface area (Å²) in [5, 5.41) is 19.2. The molecule has 2 atom stereocenters. The van der Waals surface area contributed by atoms with Crippen molar-refractivity contribution in [1.82, 2.24) is 30.5 Å². The number of carbonyl (C=O) groups excluding carboxylic acids is 2. The lowest BCUT2D eigenvalue weighted by Gasteiger charge is -2.42. The van der Waals surface area contributed by atoms with Crippen molar-refractivity contribution in [2.75, 3.05) is 13.7 Å². The predicted octanol–water partition coefficient (Wildman–Crippen LogP) is 1.62. The van der Waals surface area contributed by atoms with Crippen molar-refractivity contribution in [3.8, 4) is 0 Å². The van der Waals surface area contributed by atoms with E-state index in [0.717, 1.165) is 17.1 Å². The van der Waals surface area contributed by atoms with Gasteiger partial charge in [-0.15, -0.1) is 0 Å². The quantitative estimate of drug-likeness (QED) is 0.285. The molecule has 0 saturated heterocycles. The van der Waals surface area contributed by atoms with E-state index < -0.39 is 40.9 Å². The van der Waals surface area contributed by atoms with E-state index in [0.29, 0.717) is 6.07 Å². The van der Waals surface area contributed by atoms with Crippen LogP contribution in [0.1, 0.15) is 33.3 Å². The molecule has 192 valence electrons. The number of benzene rings is 1. The summed E-state index contributed by atoms with van der Waals surface area (Å²) in [6.45, 7) is 5.64. The molecule has 1 amide bonds. The number of methoxy groups -OCH3 is 1. The molecular weight excluding hydrogens is 486 g/mol. The maximum absolute atomic E-state index is 14.9. The van der Waals surface area contributed by atoms with Crippen molar-refractivity contribution in [3.63, 3.8) is 0 Å². The minimum Gasteiger partial charge on any atom is -0.468 e. The van der Waals surface area contributed by atoms with Crippen LogP contribution in [0.4, 0.5) is 13.6 Å². The number of hydrogen-bond acceptors (Lipinski definition) is 8. The van der Waals surface area contributed by atoms with Crippen LogP contribution in [0.15, 0.2) is 30.9 Å². The second-order valence-corrected chi connectivity index (χ2v) is 8.92. The number of esters is 1. The van der Waals surface area contributed by atoms with Crippen LogP contribution < -0.4 is 10.7 Å². The summed E-state index contributed by atoms with van der Waals surface area (Å²) in [4.78, 5) is 28.0. The monoisotopic (exact) mass is 514 g/mol. The molecule has 0 unspecified atom stereocenters. The van der Waals surface area contributed by atoms with Crippen molar-refractivity contribution in [2.45, 2.75) is 51.5 Å². The van der Waals surface area contributed by atoms with E-state index in [9.17, 15) is 23.5 Å². The summed E-state index contributed by atoms with van der Waals surface area (Å²) >= 11 is 5.34. The van der Waals surface area contributed by atoms with Gasteiger partial charge in [0.2, 0.25) is 0 Å². The highest BCUT2D eigenvalue weighted by molar-refractivity contribution is 7.80. The van der Waals surface area contributed by atoms with Crippen molar-refractivity contribution in [2.24, 2.45) is 0 Å². The Bertz CT molecular complexity index is 1050. The molecule has 1 aromatic heterocycles. The van der Waals surface area contributed by atoms with Crippen LogP contribution in [0.3, 0.4) is 0 Å². The van der Waals surface area contributed by atoms with E-state index >= 15 is 0 Å². The van der Waals surface area contributed by atoms with E-state index in [1.54, 1.807) is 20.8 Å². The third kappa shape index (κ3) is 7.55. The first-order valence-electron chi connectivity index (χ1n) is 10.4. The molecule has 3 N–H and O–H groups in total. The minimum absolute atomic E-state index is 0.215. The molecule has 0 aliphatic carbocycles. The third-order valence-electron chi connectivity index (χ3n) is 4.79. The maximum atomic E-state index is 14.9. The number of nitrogens with one attached hydrogen (secondary N) is 2. The van der Waals surface area contributed by atoms with Gasteiger partial charge in [-0.25, -0.2) is 28.7 Å². The Morgan fingerprint density at radius 1 is 1.31 bits per heavy atom. The Hall–Kier alpha value is -3.39. The van der Waals surface area contributed by atoms with Gasteiger partial charge in [-0.05, 0) is 46.0 Å². The molecule has 0 bridgehead atoms. The van der Waals surface area contributed by atoms with Gasteiger partial charge in [0.1, 0.15) is 42.0 Å². The lowest BCUT2D eigenvalue weighted by atomic mass is 9.86. The predicted molar refractivity (Wildman–Crippen MR) is 124 cm³/mol. The van der Waals surface area contributed by atoms with Crippen LogP contribution in [0.5, 0.6) is 0 Å². The number of hydrazine groups is 1. The number of amides is 1. The first kappa shape index (κ1) is 27.9. The molecule has 0 fully saturated rings. The van der Waals surface area contributed by atoms with E-state index in [-0.39, 0.29) is 23.8 Å². The summed E-state index contributed by atoms with van der Waals surface area (Å²) < 4.78 is 39.6. The Balaban J connectivity index is 2.51. The summed E-state index contributed by atoms with van der Waals surface area (Å²) in [6, 6.07) is 1.45. The molecular formula is C21H28F2N6O5S. The number of nitrogens with zero attached hydrogens (tertiary/aromatic N) is 4. The number of aliphatic hydroxyl groups is 1. The van der Waals surface area contributed by atoms with Gasteiger partial charge >= 0.3 is 12.1 Å². The number of rotatable bonds is 7. The zero-order chi connectivity index (χ0) is 26.4. The Morgan fingerprint density at radius 3 is 2.54 bits per heavy atom. The summed E-state index contributed by atoms with van der Waals surface area (Å²) in [6.07, 6.45) is 1.57. The molecule has 0 aliphatic rings. The molecule has 2 rings (SSSR count). The topological polar surface area (TPSA) is 131 Å². The molecule has 2 aromatic rings. The van der Waals surface area contributed by atoms with Gasteiger partial charge in [0.15, 0.2) is 5.11 Å². The zero-order valence-corrected chi connectivity index (χ0v) is 20.7. The fourth-order valence-corrected chi connectivity index (χ4v) is 3.36. The van der Waals surface area contributed by atoms with Crippen LogP contribution in [-0.4, -0.2) is 67.4 Å². The number of aromatic nitrogens is 3. The molecule has 0 saturated carbocycles. The van der Waals surface area contributed by atoms with Gasteiger partial charge in [-0.1, -0.05) is 6.07 Å². The summed E-state index contributed by atoms with van der Waals surface area (Å²) in [5.41, 5.74) is -0.912. The van der Waals surface area contributed by atoms with Gasteiger partial charge in [-0.2, -0.15) is 5.10 Å². The first-order valence-corrected chi connectivity index (χ1v) is 10.8. The van der Waals surface area contributed by atoms with Crippen molar-refractivity contribution < 1.29 is 33.0 Å². The number of carbonyl (C=O) groups is 2. The Kier molecular flexibility index (Phi) is 9.04. The number of halogens is 2. The third-order valence-corrected chi connectivity index (χ3v) is 5.13. The largest absolute Gasteiger partial charge is 0.468 e. The van der Waals surface area contributed by atoms with Crippen molar-refractivity contribution in [1.29, 1.82) is 0 Å². The summed E-state index contributed by atoms with van der Waals surface area (Å²) in [7, 11) is 1.18. The average molecular weight is 515 g/mol. The highest BCUT2D eigenvalue weighted by atomic mass is 32.1. The van der Waals surface area contributed by atoms with Crippen LogP contribution in [0, 0.1) is 11.6 Å². The SMILES string of the molecule is COC(=O)CNC(=S)N(NC(=O)OC(C)(C)C)[C@H](C)[C@](O)(Cn1cncn1)c1ccc(F)cc1F. The molecule has 1 heterocycles. The van der Waals surface area contributed by atoms with E-state index in [1.807, 2.05) is 0 Å². The first-order chi connectivity index (χ1) is 16.3. The van der Waals surface area contributed by atoms with E-state index in [1.165, 1.54) is 31.4 Å². The van der Waals surface area contributed by atoms with Gasteiger partial charge in [-0.3, -0.25) is 9.80 Å². The highest BCUT2D eigenvalue weighted by Gasteiger charge is 2.44. The highest BCUT2D eigenvalue weighted by Crippen LogP contribution is 2.32. The molecule has 1 aromatic carbocycles. The number of ether oxygens (including phenoxy) is 2. The smallest absolute Gasteiger partial charge is 0.426 e. The van der Waals surface area contributed by atoms with Gasteiger partial charge in [0, 0.05) is 11.6 Å². The maximum Gasteiger partial charge on any atom is 0.426 e. The lowest BCUT2D eigenvalue weighted by molar-refractivity contribution is -0.139. The molecule has 0 spiro atoms. The van der Waals surface area contributed by atoms with Crippen LogP contribution in [-0.2, 0) is 26.4 Å². The van der Waals surface area contributed by atoms with Crippen molar-refractivity contribution >= 4 is 29.4 Å². The van der Waals surface area contributed by atoms with Crippen LogP contribution >= 0.6 is 12.2 Å². The van der Waals surface area contributed by atoms with Crippen LogP contribution in [0.25, 0.3) is 0 Å². The minimum atomic E-state index is -2.16. The second-order valence-electron chi connectivity index (χ2n) is 8.54. The van der Waals surface area contributed by atoms with E-state index in [4.69, 9.17) is 17.0 Å². The van der Waals surface area contributed by atoms with Gasteiger partial charge in [0.25, 0.3) is 0 Å². The molecule has 35 heavy (non-hydrogen) atoms. The van der Waals surface area contributed by atoms with Crippen molar-refractivity contribution in [3.05, 3.63) is 48.1 Å². The fourth-order valence-electron chi connectivity index (χ4n) is 3.09. The molecule has 11 nitrogen and oxygen atoms in total. The normalized spacial score (nSPS) is 13.8. The zero-order valence-electron chi connectivity index (χ0n) is 19.9. The number of hydrogen-bond donors (Lipinski definition) is 3. The molecule has 0 aliphatic heterocycles.